The molecule has 1 aliphatic rings. The van der Waals surface area contributed by atoms with Crippen molar-refractivity contribution >= 4 is 39.0 Å². The van der Waals surface area contributed by atoms with Crippen molar-refractivity contribution in [3.05, 3.63) is 29.3 Å². The highest BCUT2D eigenvalue weighted by Gasteiger charge is 2.42. The topological polar surface area (TPSA) is 77.2 Å². The van der Waals surface area contributed by atoms with Gasteiger partial charge in [-0.2, -0.15) is 0 Å². The predicted molar refractivity (Wildman–Crippen MR) is 60.3 cm³/mol. The lowest BCUT2D eigenvalue weighted by atomic mass is 10.1. The van der Waals surface area contributed by atoms with E-state index in [1.54, 1.807) is 0 Å². The molecule has 0 heterocycles. The number of alkyl halides is 2. The van der Waals surface area contributed by atoms with Gasteiger partial charge in [-0.15, -0.1) is 0 Å². The number of ketones is 1. The molecule has 0 fully saturated rings. The van der Waals surface area contributed by atoms with Crippen LogP contribution in [0.4, 0.5) is 0 Å². The molecule has 0 saturated heterocycles. The summed E-state index contributed by atoms with van der Waals surface area (Å²) in [6.07, 6.45) is 0.0909. The Balaban J connectivity index is 2.58. The van der Waals surface area contributed by atoms with E-state index >= 15 is 0 Å². The molecule has 4 nitrogen and oxygen atoms in total. The number of nitrogens with two attached hydrogens (primary N) is 1. The summed E-state index contributed by atoms with van der Waals surface area (Å²) in [6.45, 7) is 0. The van der Waals surface area contributed by atoms with Crippen molar-refractivity contribution in [2.75, 3.05) is 0 Å². The lowest BCUT2D eigenvalue weighted by molar-refractivity contribution is 0.0985. The first-order valence-electron chi connectivity index (χ1n) is 4.30. The summed E-state index contributed by atoms with van der Waals surface area (Å²) in [6, 6.07) is 3.97. The van der Waals surface area contributed by atoms with Gasteiger partial charge >= 0.3 is 0 Å². The van der Waals surface area contributed by atoms with Gasteiger partial charge in [0.05, 0.1) is 4.90 Å². The number of rotatable bonds is 1. The molecule has 0 aromatic heterocycles. The lowest BCUT2D eigenvalue weighted by Gasteiger charge is -2.06. The molecule has 0 atom stereocenters. The molecule has 16 heavy (non-hydrogen) atoms. The fourth-order valence-corrected chi connectivity index (χ4v) is 2.69. The number of fused-ring (bicyclic) bond motifs is 1. The maximum atomic E-state index is 11.6. The van der Waals surface area contributed by atoms with Crippen LogP contribution in [-0.4, -0.2) is 18.5 Å². The molecule has 86 valence electrons. The smallest absolute Gasteiger partial charge is 0.238 e. The van der Waals surface area contributed by atoms with E-state index in [9.17, 15) is 13.2 Å². The minimum absolute atomic E-state index is 0.0508. The van der Waals surface area contributed by atoms with E-state index in [0.29, 0.717) is 11.1 Å². The van der Waals surface area contributed by atoms with Crippen LogP contribution < -0.4 is 5.14 Å². The van der Waals surface area contributed by atoms with Gasteiger partial charge in [0.15, 0.2) is 10.1 Å². The molecule has 1 aliphatic carbocycles. The van der Waals surface area contributed by atoms with Gasteiger partial charge < -0.3 is 0 Å². The number of sulfonamides is 1. The van der Waals surface area contributed by atoms with E-state index in [2.05, 4.69) is 0 Å². The number of carbonyl (C=O) groups is 1. The average Bonchev–Trinajstić information content (AvgIpc) is 2.36. The average molecular weight is 280 g/mol. The zero-order valence-electron chi connectivity index (χ0n) is 7.91. The normalized spacial score (nSPS) is 18.6. The van der Waals surface area contributed by atoms with Crippen LogP contribution in [0.5, 0.6) is 0 Å². The van der Waals surface area contributed by atoms with Gasteiger partial charge in [-0.3, -0.25) is 4.79 Å². The Bertz CT molecular complexity index is 580. The van der Waals surface area contributed by atoms with Crippen molar-refractivity contribution < 1.29 is 13.2 Å². The molecule has 1 aromatic carbocycles. The van der Waals surface area contributed by atoms with E-state index in [-0.39, 0.29) is 11.3 Å². The van der Waals surface area contributed by atoms with Gasteiger partial charge in [0.2, 0.25) is 10.0 Å². The first-order valence-corrected chi connectivity index (χ1v) is 6.60. The van der Waals surface area contributed by atoms with E-state index in [1.165, 1.54) is 18.2 Å². The zero-order chi connectivity index (χ0) is 12.1. The Labute approximate surface area is 102 Å². The summed E-state index contributed by atoms with van der Waals surface area (Å²) in [4.78, 5) is 11.6. The summed E-state index contributed by atoms with van der Waals surface area (Å²) in [5.74, 6) is -0.410. The van der Waals surface area contributed by atoms with E-state index < -0.39 is 20.1 Å². The summed E-state index contributed by atoms with van der Waals surface area (Å²) >= 11 is 11.6. The van der Waals surface area contributed by atoms with Crippen LogP contribution >= 0.6 is 23.2 Å². The van der Waals surface area contributed by atoms with Gasteiger partial charge in [-0.25, -0.2) is 13.6 Å². The van der Waals surface area contributed by atoms with Crippen LogP contribution in [0.1, 0.15) is 15.9 Å². The molecule has 0 radical (unpaired) electrons. The van der Waals surface area contributed by atoms with Crippen LogP contribution in [0.15, 0.2) is 23.1 Å². The molecule has 7 heteroatoms. The standard InChI is InChI=1S/C9H7Cl2NO3S/c10-9(11)4-5-3-6(16(12,14)15)1-2-7(5)8(9)13/h1-3H,4H2,(H2,12,14,15). The molecule has 0 saturated carbocycles. The third kappa shape index (κ3) is 1.84. The van der Waals surface area contributed by atoms with Crippen LogP contribution in [0.25, 0.3) is 0 Å². The minimum atomic E-state index is -3.78. The second-order valence-electron chi connectivity index (χ2n) is 3.57. The molecule has 2 rings (SSSR count). The molecule has 2 N–H and O–H groups in total. The van der Waals surface area contributed by atoms with Crippen molar-refractivity contribution in [3.8, 4) is 0 Å². The summed E-state index contributed by atoms with van der Waals surface area (Å²) in [5, 5.41) is 4.97. The first-order chi connectivity index (χ1) is 7.22. The third-order valence-corrected chi connectivity index (χ3v) is 3.92. The van der Waals surface area contributed by atoms with E-state index in [1.807, 2.05) is 0 Å². The molecular formula is C9H7Cl2NO3S. The number of carbonyl (C=O) groups excluding carboxylic acids is 1. The number of Topliss-reactive ketones (excluding diaryl/α,β-unsaturated/α-hetero) is 1. The number of hydrogen-bond donors (Lipinski definition) is 1. The Morgan fingerprint density at radius 2 is 1.94 bits per heavy atom. The van der Waals surface area contributed by atoms with Crippen LogP contribution in [-0.2, 0) is 16.4 Å². The highest BCUT2D eigenvalue weighted by Crippen LogP contribution is 2.38. The predicted octanol–water partition coefficient (Wildman–Crippen LogP) is 1.25. The number of hydrogen-bond acceptors (Lipinski definition) is 3. The van der Waals surface area contributed by atoms with Gasteiger partial charge in [0.1, 0.15) is 0 Å². The van der Waals surface area contributed by atoms with Crippen molar-refractivity contribution in [1.29, 1.82) is 0 Å². The second-order valence-corrected chi connectivity index (χ2v) is 6.62. The van der Waals surface area contributed by atoms with E-state index in [0.717, 1.165) is 0 Å². The Morgan fingerprint density at radius 3 is 2.50 bits per heavy atom. The maximum Gasteiger partial charge on any atom is 0.238 e. The fraction of sp³-hybridized carbons (Fsp3) is 0.222. The monoisotopic (exact) mass is 279 g/mol. The quantitative estimate of drug-likeness (QED) is 0.786. The Hall–Kier alpha value is -0.620. The van der Waals surface area contributed by atoms with Gasteiger partial charge in [-0.05, 0) is 23.8 Å². The minimum Gasteiger partial charge on any atom is -0.291 e. The van der Waals surface area contributed by atoms with Crippen molar-refractivity contribution in [1.82, 2.24) is 0 Å². The highest BCUT2D eigenvalue weighted by molar-refractivity contribution is 7.89. The van der Waals surface area contributed by atoms with Crippen LogP contribution in [0.2, 0.25) is 0 Å². The Kier molecular flexibility index (Phi) is 2.54. The third-order valence-electron chi connectivity index (χ3n) is 2.39. The number of halogens is 2. The largest absolute Gasteiger partial charge is 0.291 e. The molecule has 0 spiro atoms. The number of benzene rings is 1. The van der Waals surface area contributed by atoms with Crippen molar-refractivity contribution in [2.45, 2.75) is 15.6 Å². The summed E-state index contributed by atoms with van der Waals surface area (Å²) in [5.41, 5.74) is 0.846. The summed E-state index contributed by atoms with van der Waals surface area (Å²) < 4.78 is 20.7. The molecular weight excluding hydrogens is 273 g/mol. The molecule has 1 aromatic rings. The highest BCUT2D eigenvalue weighted by atomic mass is 35.5. The molecule has 0 bridgehead atoms. The van der Waals surface area contributed by atoms with Gasteiger partial charge in [-0.1, -0.05) is 23.2 Å². The first kappa shape index (κ1) is 11.9. The molecule has 0 unspecified atom stereocenters. The van der Waals surface area contributed by atoms with Crippen molar-refractivity contribution in [3.63, 3.8) is 0 Å². The number of primary sulfonamides is 1. The SMILES string of the molecule is NS(=O)(=O)c1ccc2c(c1)CC(Cl)(Cl)C2=O. The fourth-order valence-electron chi connectivity index (χ4n) is 1.63. The summed E-state index contributed by atoms with van der Waals surface area (Å²) in [7, 11) is -3.78. The van der Waals surface area contributed by atoms with E-state index in [4.69, 9.17) is 28.3 Å². The van der Waals surface area contributed by atoms with Gasteiger partial charge in [0, 0.05) is 12.0 Å². The van der Waals surface area contributed by atoms with Crippen molar-refractivity contribution in [2.24, 2.45) is 5.14 Å². The van der Waals surface area contributed by atoms with Crippen LogP contribution in [0.3, 0.4) is 0 Å². The van der Waals surface area contributed by atoms with Crippen LogP contribution in [0, 0.1) is 0 Å². The van der Waals surface area contributed by atoms with Gasteiger partial charge in [0.25, 0.3) is 0 Å². The maximum absolute atomic E-state index is 11.6. The Morgan fingerprint density at radius 1 is 1.31 bits per heavy atom. The molecule has 0 amide bonds. The zero-order valence-corrected chi connectivity index (χ0v) is 10.2. The second kappa shape index (κ2) is 3.43. The molecule has 0 aliphatic heterocycles. The lowest BCUT2D eigenvalue weighted by Crippen LogP contribution is -2.20.